The van der Waals surface area contributed by atoms with Crippen LogP contribution in [0.1, 0.15) is 21.5 Å². The van der Waals surface area contributed by atoms with Crippen molar-refractivity contribution in [2.24, 2.45) is 0 Å². The van der Waals surface area contributed by atoms with E-state index < -0.39 is 24.5 Å². The molecule has 5 heteroatoms. The molecule has 1 rings (SSSR count). The number of hydrogen-bond acceptors (Lipinski definition) is 4. The maximum atomic E-state index is 12.0. The lowest BCUT2D eigenvalue weighted by Gasteiger charge is -2.15. The first kappa shape index (κ1) is 14.2. The van der Waals surface area contributed by atoms with Gasteiger partial charge in [0.15, 0.2) is 6.04 Å². The van der Waals surface area contributed by atoms with Gasteiger partial charge in [-0.05, 0) is 25.5 Å². The number of nitrogens with one attached hydrogen (secondary N) is 1. The van der Waals surface area contributed by atoms with Gasteiger partial charge < -0.3 is 15.2 Å². The third kappa shape index (κ3) is 3.30. The smallest absolute Gasteiger partial charge is 0.330 e. The molecule has 0 aliphatic heterocycles. The van der Waals surface area contributed by atoms with E-state index in [1.54, 1.807) is 13.0 Å². The van der Waals surface area contributed by atoms with Crippen LogP contribution >= 0.6 is 0 Å². The average molecular weight is 251 g/mol. The average Bonchev–Trinajstić information content (AvgIpc) is 2.37. The summed E-state index contributed by atoms with van der Waals surface area (Å²) in [5.74, 6) is -1.07. The number of carbonyl (C=O) groups is 2. The molecule has 1 aromatic carbocycles. The molecule has 2 N–H and O–H groups in total. The molecule has 18 heavy (non-hydrogen) atoms. The highest BCUT2D eigenvalue weighted by molar-refractivity contribution is 5.98. The summed E-state index contributed by atoms with van der Waals surface area (Å²) in [4.78, 5) is 23.2. The van der Waals surface area contributed by atoms with E-state index in [1.807, 2.05) is 19.1 Å². The molecule has 1 unspecified atom stereocenters. The number of esters is 1. The molecule has 5 nitrogen and oxygen atoms in total. The fourth-order valence-electron chi connectivity index (χ4n) is 1.54. The van der Waals surface area contributed by atoms with E-state index in [9.17, 15) is 9.59 Å². The van der Waals surface area contributed by atoms with Crippen LogP contribution in [0.2, 0.25) is 0 Å². The number of amides is 1. The summed E-state index contributed by atoms with van der Waals surface area (Å²) in [5, 5.41) is 11.5. The van der Waals surface area contributed by atoms with Crippen LogP contribution in [-0.4, -0.2) is 36.7 Å². The number of aliphatic hydroxyl groups excluding tert-OH is 1. The molecule has 1 aromatic rings. The van der Waals surface area contributed by atoms with Gasteiger partial charge in [-0.3, -0.25) is 4.79 Å². The normalized spacial score (nSPS) is 11.8. The molecule has 1 amide bonds. The van der Waals surface area contributed by atoms with Crippen LogP contribution in [0.4, 0.5) is 0 Å². The van der Waals surface area contributed by atoms with Crippen LogP contribution < -0.4 is 5.32 Å². The Kier molecular flexibility index (Phi) is 4.85. The van der Waals surface area contributed by atoms with Crippen molar-refractivity contribution < 1.29 is 19.4 Å². The third-order valence-corrected chi connectivity index (χ3v) is 2.61. The van der Waals surface area contributed by atoms with Crippen molar-refractivity contribution in [2.45, 2.75) is 19.9 Å². The number of hydrogen-bond donors (Lipinski definition) is 2. The number of aryl methyl sites for hydroxylation is 2. The van der Waals surface area contributed by atoms with Gasteiger partial charge in [0.1, 0.15) is 0 Å². The largest absolute Gasteiger partial charge is 0.467 e. The Hall–Kier alpha value is -1.88. The lowest BCUT2D eigenvalue weighted by molar-refractivity contribution is -0.143. The molecule has 0 heterocycles. The van der Waals surface area contributed by atoms with Crippen molar-refractivity contribution in [1.29, 1.82) is 0 Å². The van der Waals surface area contributed by atoms with Gasteiger partial charge in [-0.2, -0.15) is 0 Å². The van der Waals surface area contributed by atoms with Crippen LogP contribution in [0.3, 0.4) is 0 Å². The quantitative estimate of drug-likeness (QED) is 0.767. The van der Waals surface area contributed by atoms with E-state index >= 15 is 0 Å². The molecule has 0 saturated carbocycles. The minimum atomic E-state index is -1.04. The fourth-order valence-corrected chi connectivity index (χ4v) is 1.54. The first-order chi connectivity index (χ1) is 8.49. The number of rotatable bonds is 4. The molecule has 0 radical (unpaired) electrons. The van der Waals surface area contributed by atoms with E-state index in [0.29, 0.717) is 5.56 Å². The fraction of sp³-hybridized carbons (Fsp3) is 0.385. The van der Waals surface area contributed by atoms with Crippen LogP contribution in [-0.2, 0) is 9.53 Å². The summed E-state index contributed by atoms with van der Waals surface area (Å²) in [6, 6.07) is 4.42. The Labute approximate surface area is 106 Å². The Morgan fingerprint density at radius 2 is 2.06 bits per heavy atom. The van der Waals surface area contributed by atoms with Crippen LogP contribution in [0.25, 0.3) is 0 Å². The van der Waals surface area contributed by atoms with Gasteiger partial charge in [-0.25, -0.2) is 4.79 Å². The third-order valence-electron chi connectivity index (χ3n) is 2.61. The topological polar surface area (TPSA) is 75.6 Å². The Balaban J connectivity index is 2.87. The van der Waals surface area contributed by atoms with Gasteiger partial charge in [-0.1, -0.05) is 17.7 Å². The minimum Gasteiger partial charge on any atom is -0.467 e. The standard InChI is InChI=1S/C13H17NO4/c1-8-4-5-9(2)10(6-8)12(16)14-11(7-15)13(17)18-3/h4-6,11,15H,7H2,1-3H3,(H,14,16). The van der Waals surface area contributed by atoms with Gasteiger partial charge in [0, 0.05) is 5.56 Å². The summed E-state index contributed by atoms with van der Waals surface area (Å²) in [7, 11) is 1.20. The van der Waals surface area contributed by atoms with E-state index in [2.05, 4.69) is 10.1 Å². The van der Waals surface area contributed by atoms with Crippen LogP contribution in [0.5, 0.6) is 0 Å². The molecule has 0 fully saturated rings. The van der Waals surface area contributed by atoms with E-state index in [1.165, 1.54) is 7.11 Å². The van der Waals surface area contributed by atoms with E-state index in [4.69, 9.17) is 5.11 Å². The van der Waals surface area contributed by atoms with Gasteiger partial charge in [0.05, 0.1) is 13.7 Å². The highest BCUT2D eigenvalue weighted by Crippen LogP contribution is 2.10. The number of methoxy groups -OCH3 is 1. The molecule has 0 saturated heterocycles. The second-order valence-electron chi connectivity index (χ2n) is 4.05. The number of benzene rings is 1. The number of ether oxygens (including phenoxy) is 1. The molecule has 1 atom stereocenters. The SMILES string of the molecule is COC(=O)C(CO)NC(=O)c1cc(C)ccc1C. The summed E-state index contributed by atoms with van der Waals surface area (Å²) in [5.41, 5.74) is 2.24. The van der Waals surface area contributed by atoms with Gasteiger partial charge in [-0.15, -0.1) is 0 Å². The van der Waals surface area contributed by atoms with Crippen molar-refractivity contribution in [3.05, 3.63) is 34.9 Å². The highest BCUT2D eigenvalue weighted by Gasteiger charge is 2.21. The lowest BCUT2D eigenvalue weighted by Crippen LogP contribution is -2.44. The van der Waals surface area contributed by atoms with Gasteiger partial charge in [0.25, 0.3) is 5.91 Å². The van der Waals surface area contributed by atoms with Gasteiger partial charge >= 0.3 is 5.97 Å². The van der Waals surface area contributed by atoms with Crippen molar-refractivity contribution in [2.75, 3.05) is 13.7 Å². The zero-order chi connectivity index (χ0) is 13.7. The monoisotopic (exact) mass is 251 g/mol. The number of carbonyl (C=O) groups excluding carboxylic acids is 2. The number of aliphatic hydroxyl groups is 1. The first-order valence-corrected chi connectivity index (χ1v) is 5.56. The van der Waals surface area contributed by atoms with Crippen molar-refractivity contribution in [3.8, 4) is 0 Å². The minimum absolute atomic E-state index is 0.402. The molecular weight excluding hydrogens is 234 g/mol. The summed E-state index contributed by atoms with van der Waals surface area (Å²) >= 11 is 0. The van der Waals surface area contributed by atoms with E-state index in [-0.39, 0.29) is 0 Å². The molecule has 0 bridgehead atoms. The molecule has 98 valence electrons. The second kappa shape index (κ2) is 6.16. The summed E-state index contributed by atoms with van der Waals surface area (Å²) < 4.78 is 4.48. The molecule has 0 aliphatic rings. The molecule has 0 spiro atoms. The lowest BCUT2D eigenvalue weighted by atomic mass is 10.0. The van der Waals surface area contributed by atoms with Crippen LogP contribution in [0.15, 0.2) is 18.2 Å². The predicted octanol–water partition coefficient (Wildman–Crippen LogP) is 0.567. The van der Waals surface area contributed by atoms with E-state index in [0.717, 1.165) is 11.1 Å². The summed E-state index contributed by atoms with van der Waals surface area (Å²) in [6.07, 6.45) is 0. The van der Waals surface area contributed by atoms with Crippen molar-refractivity contribution in [3.63, 3.8) is 0 Å². The maximum Gasteiger partial charge on any atom is 0.330 e. The second-order valence-corrected chi connectivity index (χ2v) is 4.05. The zero-order valence-electron chi connectivity index (χ0n) is 10.7. The highest BCUT2D eigenvalue weighted by atomic mass is 16.5. The Bertz CT molecular complexity index is 456. The van der Waals surface area contributed by atoms with Crippen molar-refractivity contribution in [1.82, 2.24) is 5.32 Å². The summed E-state index contributed by atoms with van der Waals surface area (Å²) in [6.45, 7) is 3.18. The first-order valence-electron chi connectivity index (χ1n) is 5.56. The van der Waals surface area contributed by atoms with Crippen LogP contribution in [0, 0.1) is 13.8 Å². The Morgan fingerprint density at radius 1 is 1.39 bits per heavy atom. The molecule has 0 aromatic heterocycles. The van der Waals surface area contributed by atoms with Crippen molar-refractivity contribution >= 4 is 11.9 Å². The molecular formula is C13H17NO4. The van der Waals surface area contributed by atoms with Gasteiger partial charge in [0.2, 0.25) is 0 Å². The zero-order valence-corrected chi connectivity index (χ0v) is 10.7. The maximum absolute atomic E-state index is 12.0. The Morgan fingerprint density at radius 3 is 2.61 bits per heavy atom. The predicted molar refractivity (Wildman–Crippen MR) is 66.3 cm³/mol. The molecule has 0 aliphatic carbocycles.